The van der Waals surface area contributed by atoms with E-state index in [0.717, 1.165) is 23.6 Å². The summed E-state index contributed by atoms with van der Waals surface area (Å²) in [5, 5.41) is 6.92. The Labute approximate surface area is 60.4 Å². The number of hydrogen-bond acceptors (Lipinski definition) is 2. The SMILES string of the molecule is CCc1n[nH]c(C)c1OC. The predicted octanol–water partition coefficient (Wildman–Crippen LogP) is 1.29. The molecule has 0 atom stereocenters. The summed E-state index contributed by atoms with van der Waals surface area (Å²) in [5.74, 6) is 0.891. The molecular formula is C7H12N2O. The molecule has 0 aliphatic heterocycles. The van der Waals surface area contributed by atoms with Crippen LogP contribution in [0.4, 0.5) is 0 Å². The maximum atomic E-state index is 5.11. The van der Waals surface area contributed by atoms with Crippen LogP contribution in [-0.4, -0.2) is 17.3 Å². The molecule has 0 saturated carbocycles. The highest BCUT2D eigenvalue weighted by Gasteiger charge is 2.06. The van der Waals surface area contributed by atoms with Gasteiger partial charge in [-0.2, -0.15) is 5.10 Å². The molecule has 0 amide bonds. The molecule has 0 spiro atoms. The number of hydrogen-bond donors (Lipinski definition) is 1. The van der Waals surface area contributed by atoms with E-state index >= 15 is 0 Å². The van der Waals surface area contributed by atoms with Gasteiger partial charge in [-0.25, -0.2) is 0 Å². The Balaban J connectivity index is 3.01. The fraction of sp³-hybridized carbons (Fsp3) is 0.571. The van der Waals surface area contributed by atoms with Gasteiger partial charge in [0.1, 0.15) is 5.69 Å². The summed E-state index contributed by atoms with van der Waals surface area (Å²) >= 11 is 0. The van der Waals surface area contributed by atoms with Gasteiger partial charge in [0.2, 0.25) is 0 Å². The fourth-order valence-electron chi connectivity index (χ4n) is 0.980. The van der Waals surface area contributed by atoms with Crippen molar-refractivity contribution < 1.29 is 4.74 Å². The van der Waals surface area contributed by atoms with E-state index in [1.807, 2.05) is 6.92 Å². The van der Waals surface area contributed by atoms with Crippen LogP contribution >= 0.6 is 0 Å². The highest BCUT2D eigenvalue weighted by Crippen LogP contribution is 2.19. The van der Waals surface area contributed by atoms with Gasteiger partial charge in [-0.1, -0.05) is 6.92 Å². The van der Waals surface area contributed by atoms with E-state index in [2.05, 4.69) is 17.1 Å². The number of nitrogens with one attached hydrogen (secondary N) is 1. The third kappa shape index (κ3) is 0.988. The van der Waals surface area contributed by atoms with Crippen LogP contribution < -0.4 is 4.74 Å². The van der Waals surface area contributed by atoms with Crippen LogP contribution in [0.15, 0.2) is 0 Å². The summed E-state index contributed by atoms with van der Waals surface area (Å²) in [5.41, 5.74) is 2.00. The summed E-state index contributed by atoms with van der Waals surface area (Å²) in [6.07, 6.45) is 0.910. The van der Waals surface area contributed by atoms with Crippen molar-refractivity contribution in [3.63, 3.8) is 0 Å². The summed E-state index contributed by atoms with van der Waals surface area (Å²) in [7, 11) is 1.66. The second-order valence-corrected chi connectivity index (χ2v) is 2.18. The zero-order valence-corrected chi connectivity index (χ0v) is 6.56. The molecule has 0 aromatic carbocycles. The van der Waals surface area contributed by atoms with Gasteiger partial charge in [0.05, 0.1) is 12.8 Å². The number of nitrogens with zero attached hydrogens (tertiary/aromatic N) is 1. The molecule has 1 N–H and O–H groups in total. The van der Waals surface area contributed by atoms with Gasteiger partial charge >= 0.3 is 0 Å². The number of aromatic amines is 1. The molecule has 0 saturated heterocycles. The first-order valence-corrected chi connectivity index (χ1v) is 3.37. The lowest BCUT2D eigenvalue weighted by molar-refractivity contribution is 0.407. The van der Waals surface area contributed by atoms with Crippen molar-refractivity contribution in [1.29, 1.82) is 0 Å². The number of aryl methyl sites for hydroxylation is 2. The molecule has 0 aliphatic rings. The maximum absolute atomic E-state index is 5.11. The van der Waals surface area contributed by atoms with Gasteiger partial charge in [0.15, 0.2) is 5.75 Å². The van der Waals surface area contributed by atoms with E-state index in [4.69, 9.17) is 4.74 Å². The molecule has 0 bridgehead atoms. The van der Waals surface area contributed by atoms with Gasteiger partial charge in [-0.15, -0.1) is 0 Å². The van der Waals surface area contributed by atoms with E-state index in [9.17, 15) is 0 Å². The normalized spacial score (nSPS) is 9.90. The number of H-pyrrole nitrogens is 1. The molecule has 1 heterocycles. The fourth-order valence-corrected chi connectivity index (χ4v) is 0.980. The largest absolute Gasteiger partial charge is 0.493 e. The van der Waals surface area contributed by atoms with Crippen molar-refractivity contribution in [2.75, 3.05) is 7.11 Å². The topological polar surface area (TPSA) is 37.9 Å². The monoisotopic (exact) mass is 140 g/mol. The zero-order valence-electron chi connectivity index (χ0n) is 6.56. The van der Waals surface area contributed by atoms with E-state index in [-0.39, 0.29) is 0 Å². The number of aromatic nitrogens is 2. The van der Waals surface area contributed by atoms with Gasteiger partial charge < -0.3 is 4.74 Å². The first kappa shape index (κ1) is 7.12. The van der Waals surface area contributed by atoms with E-state index in [1.54, 1.807) is 7.11 Å². The average molecular weight is 140 g/mol. The summed E-state index contributed by atoms with van der Waals surface area (Å²) in [6, 6.07) is 0. The second kappa shape index (κ2) is 2.73. The van der Waals surface area contributed by atoms with Crippen LogP contribution in [0.1, 0.15) is 18.3 Å². The van der Waals surface area contributed by atoms with Crippen molar-refractivity contribution >= 4 is 0 Å². The standard InChI is InChI=1S/C7H12N2O/c1-4-6-7(10-3)5(2)8-9-6/h4H2,1-3H3,(H,8,9). The molecule has 0 aliphatic carbocycles. The van der Waals surface area contributed by atoms with Crippen molar-refractivity contribution in [1.82, 2.24) is 10.2 Å². The highest BCUT2D eigenvalue weighted by atomic mass is 16.5. The molecule has 0 radical (unpaired) electrons. The minimum Gasteiger partial charge on any atom is -0.493 e. The minimum atomic E-state index is 0.891. The van der Waals surface area contributed by atoms with Crippen LogP contribution in [0.5, 0.6) is 5.75 Å². The van der Waals surface area contributed by atoms with Crippen molar-refractivity contribution in [2.45, 2.75) is 20.3 Å². The molecule has 1 aromatic rings. The molecule has 3 heteroatoms. The zero-order chi connectivity index (χ0) is 7.56. The molecule has 1 aromatic heterocycles. The molecule has 10 heavy (non-hydrogen) atoms. The summed E-state index contributed by atoms with van der Waals surface area (Å²) < 4.78 is 5.11. The van der Waals surface area contributed by atoms with Crippen LogP contribution in [0.3, 0.4) is 0 Å². The highest BCUT2D eigenvalue weighted by molar-refractivity contribution is 5.31. The predicted molar refractivity (Wildman–Crippen MR) is 39.3 cm³/mol. The third-order valence-corrected chi connectivity index (χ3v) is 1.50. The number of ether oxygens (including phenoxy) is 1. The molecule has 1 rings (SSSR count). The number of methoxy groups -OCH3 is 1. The smallest absolute Gasteiger partial charge is 0.162 e. The molecule has 0 unspecified atom stereocenters. The Hall–Kier alpha value is -0.990. The Morgan fingerprint density at radius 1 is 1.60 bits per heavy atom. The van der Waals surface area contributed by atoms with Gasteiger partial charge in [0.25, 0.3) is 0 Å². The Morgan fingerprint density at radius 3 is 2.70 bits per heavy atom. The average Bonchev–Trinajstić information content (AvgIpc) is 2.30. The maximum Gasteiger partial charge on any atom is 0.162 e. The minimum absolute atomic E-state index is 0.891. The quantitative estimate of drug-likeness (QED) is 0.672. The lowest BCUT2D eigenvalue weighted by Gasteiger charge is -1.97. The van der Waals surface area contributed by atoms with E-state index in [0.29, 0.717) is 0 Å². The summed E-state index contributed by atoms with van der Waals surface area (Å²) in [4.78, 5) is 0. The van der Waals surface area contributed by atoms with Crippen molar-refractivity contribution in [3.05, 3.63) is 11.4 Å². The molecule has 3 nitrogen and oxygen atoms in total. The Kier molecular flexibility index (Phi) is 1.94. The lowest BCUT2D eigenvalue weighted by atomic mass is 10.3. The lowest BCUT2D eigenvalue weighted by Crippen LogP contribution is -1.87. The number of rotatable bonds is 2. The Morgan fingerprint density at radius 2 is 2.30 bits per heavy atom. The third-order valence-electron chi connectivity index (χ3n) is 1.50. The molecule has 56 valence electrons. The van der Waals surface area contributed by atoms with Crippen molar-refractivity contribution in [2.24, 2.45) is 0 Å². The first-order chi connectivity index (χ1) is 4.79. The summed E-state index contributed by atoms with van der Waals surface area (Å²) in [6.45, 7) is 4.00. The van der Waals surface area contributed by atoms with Crippen LogP contribution in [0.25, 0.3) is 0 Å². The van der Waals surface area contributed by atoms with E-state index < -0.39 is 0 Å². The first-order valence-electron chi connectivity index (χ1n) is 3.37. The van der Waals surface area contributed by atoms with Crippen LogP contribution in [0, 0.1) is 6.92 Å². The van der Waals surface area contributed by atoms with Crippen LogP contribution in [0.2, 0.25) is 0 Å². The molecular weight excluding hydrogens is 128 g/mol. The van der Waals surface area contributed by atoms with E-state index in [1.165, 1.54) is 0 Å². The van der Waals surface area contributed by atoms with Gasteiger partial charge in [0, 0.05) is 0 Å². The second-order valence-electron chi connectivity index (χ2n) is 2.18. The molecule has 0 fully saturated rings. The Bertz CT molecular complexity index is 217. The van der Waals surface area contributed by atoms with Crippen molar-refractivity contribution in [3.8, 4) is 5.75 Å². The van der Waals surface area contributed by atoms with Crippen LogP contribution in [-0.2, 0) is 6.42 Å². The van der Waals surface area contributed by atoms with Gasteiger partial charge in [-0.3, -0.25) is 5.10 Å². The van der Waals surface area contributed by atoms with Gasteiger partial charge in [-0.05, 0) is 13.3 Å².